The van der Waals surface area contributed by atoms with Crippen LogP contribution in [0.15, 0.2) is 54.6 Å². The van der Waals surface area contributed by atoms with E-state index in [4.69, 9.17) is 14.2 Å². The zero-order valence-electron chi connectivity index (χ0n) is 17.5. The third-order valence-corrected chi connectivity index (χ3v) is 4.98. The molecule has 164 valence electrons. The van der Waals surface area contributed by atoms with E-state index in [1.165, 1.54) is 24.3 Å². The maximum Gasteiger partial charge on any atom is 0.340 e. The molecule has 1 spiro atoms. The van der Waals surface area contributed by atoms with Crippen LogP contribution in [0.5, 0.6) is 17.2 Å². The first-order valence-corrected chi connectivity index (χ1v) is 11.7. The summed E-state index contributed by atoms with van der Waals surface area (Å²) < 4.78 is 45.4. The molecule has 0 saturated carbocycles. The second kappa shape index (κ2) is 8.32. The fraction of sp³-hybridized carbons (Fsp3) is 0.167. The number of carbonyl (C=O) groups is 2. The molecule has 0 N–H and O–H groups in total. The van der Waals surface area contributed by atoms with Gasteiger partial charge < -0.3 is 14.2 Å². The maximum atomic E-state index is 14.8. The van der Waals surface area contributed by atoms with Gasteiger partial charge in [0.1, 0.15) is 17.3 Å². The summed E-state index contributed by atoms with van der Waals surface area (Å²) in [6.45, 7) is 5.45. The van der Waals surface area contributed by atoms with Crippen molar-refractivity contribution < 1.29 is 32.6 Å². The highest BCUT2D eigenvalue weighted by molar-refractivity contribution is 7.35. The smallest absolute Gasteiger partial charge is 0.340 e. The van der Waals surface area contributed by atoms with Crippen LogP contribution in [0, 0.1) is 11.6 Å². The molecular weight excluding hydrogens is 437 g/mol. The Morgan fingerprint density at radius 2 is 1.66 bits per heavy atom. The molecule has 0 bridgehead atoms. The number of benzene rings is 3. The zero-order valence-corrected chi connectivity index (χ0v) is 18.5. The molecule has 2 heterocycles. The SMILES string of the molecule is CC(=O)Oc1cc2c(cc1F)C1(OC(=O)c3ccccc31)c1cc(F)ccc1O2.CPC. The molecule has 32 heavy (non-hydrogen) atoms. The minimum absolute atomic E-state index is 0.131. The second-order valence-corrected chi connectivity index (χ2v) is 8.23. The van der Waals surface area contributed by atoms with Crippen molar-refractivity contribution in [2.45, 2.75) is 12.5 Å². The number of hydrogen-bond donors (Lipinski definition) is 0. The minimum Gasteiger partial charge on any atom is -0.456 e. The number of rotatable bonds is 1. The van der Waals surface area contributed by atoms with Crippen molar-refractivity contribution >= 4 is 20.5 Å². The van der Waals surface area contributed by atoms with E-state index in [-0.39, 0.29) is 28.4 Å². The van der Waals surface area contributed by atoms with Crippen molar-refractivity contribution in [2.24, 2.45) is 0 Å². The lowest BCUT2D eigenvalue weighted by Crippen LogP contribution is -2.33. The van der Waals surface area contributed by atoms with Gasteiger partial charge in [-0.25, -0.2) is 13.6 Å². The van der Waals surface area contributed by atoms with Crippen molar-refractivity contribution in [3.05, 3.63) is 88.5 Å². The fourth-order valence-electron chi connectivity index (χ4n) is 3.87. The predicted molar refractivity (Wildman–Crippen MR) is 116 cm³/mol. The molecule has 5 nitrogen and oxygen atoms in total. The zero-order chi connectivity index (χ0) is 23.0. The highest BCUT2D eigenvalue weighted by Gasteiger charge is 2.54. The summed E-state index contributed by atoms with van der Waals surface area (Å²) in [5.41, 5.74) is -0.444. The Morgan fingerprint density at radius 1 is 0.969 bits per heavy atom. The molecule has 8 heteroatoms. The fourth-order valence-corrected chi connectivity index (χ4v) is 3.87. The number of esters is 2. The topological polar surface area (TPSA) is 61.8 Å². The van der Waals surface area contributed by atoms with E-state index in [1.807, 2.05) is 0 Å². The van der Waals surface area contributed by atoms with Crippen molar-refractivity contribution in [2.75, 3.05) is 13.3 Å². The van der Waals surface area contributed by atoms with Crippen LogP contribution in [0.25, 0.3) is 0 Å². The molecule has 0 aliphatic carbocycles. The third kappa shape index (κ3) is 3.43. The maximum absolute atomic E-state index is 14.8. The number of halogens is 2. The Balaban J connectivity index is 0.000000775. The van der Waals surface area contributed by atoms with Crippen LogP contribution in [-0.4, -0.2) is 25.3 Å². The van der Waals surface area contributed by atoms with Crippen LogP contribution < -0.4 is 9.47 Å². The van der Waals surface area contributed by atoms with Crippen LogP contribution >= 0.6 is 8.58 Å². The molecule has 3 aromatic rings. The number of ether oxygens (including phenoxy) is 3. The Bertz CT molecular complexity index is 1240. The Labute approximate surface area is 185 Å². The van der Waals surface area contributed by atoms with E-state index in [1.54, 1.807) is 24.3 Å². The van der Waals surface area contributed by atoms with E-state index in [2.05, 4.69) is 13.3 Å². The number of carbonyl (C=O) groups excluding carboxylic acids is 2. The number of fused-ring (bicyclic) bond motifs is 6. The highest BCUT2D eigenvalue weighted by Crippen LogP contribution is 2.56. The lowest BCUT2D eigenvalue weighted by atomic mass is 9.77. The van der Waals surface area contributed by atoms with Crippen LogP contribution in [-0.2, 0) is 15.1 Å². The van der Waals surface area contributed by atoms with Crippen molar-refractivity contribution in [1.82, 2.24) is 0 Å². The van der Waals surface area contributed by atoms with E-state index in [0.717, 1.165) is 21.6 Å². The third-order valence-electron chi connectivity index (χ3n) is 4.98. The van der Waals surface area contributed by atoms with Gasteiger partial charge in [0.25, 0.3) is 0 Å². The van der Waals surface area contributed by atoms with Gasteiger partial charge in [0.15, 0.2) is 17.2 Å². The molecule has 0 radical (unpaired) electrons. The molecule has 5 rings (SSSR count). The van der Waals surface area contributed by atoms with Gasteiger partial charge in [-0.05, 0) is 43.7 Å². The molecule has 2 aliphatic heterocycles. The van der Waals surface area contributed by atoms with Crippen LogP contribution in [0.4, 0.5) is 8.78 Å². The van der Waals surface area contributed by atoms with Crippen LogP contribution in [0.3, 0.4) is 0 Å². The van der Waals surface area contributed by atoms with Gasteiger partial charge >= 0.3 is 11.9 Å². The normalized spacial score (nSPS) is 17.2. The van der Waals surface area contributed by atoms with Crippen molar-refractivity contribution in [3.63, 3.8) is 0 Å². The van der Waals surface area contributed by atoms with E-state index in [9.17, 15) is 18.4 Å². The quantitative estimate of drug-likeness (QED) is 0.280. The van der Waals surface area contributed by atoms with E-state index >= 15 is 0 Å². The lowest BCUT2D eigenvalue weighted by molar-refractivity contribution is -0.132. The molecule has 1 atom stereocenters. The van der Waals surface area contributed by atoms with Crippen LogP contribution in [0.2, 0.25) is 0 Å². The Morgan fingerprint density at radius 3 is 2.38 bits per heavy atom. The van der Waals surface area contributed by atoms with Gasteiger partial charge in [-0.1, -0.05) is 18.2 Å². The summed E-state index contributed by atoms with van der Waals surface area (Å²) in [5, 5.41) is 0. The molecule has 0 amide bonds. The number of hydrogen-bond acceptors (Lipinski definition) is 5. The van der Waals surface area contributed by atoms with E-state index in [0.29, 0.717) is 11.1 Å². The molecule has 0 saturated heterocycles. The average Bonchev–Trinajstić information content (AvgIpc) is 3.04. The van der Waals surface area contributed by atoms with Gasteiger partial charge in [0, 0.05) is 18.6 Å². The first-order chi connectivity index (χ1) is 15.3. The lowest BCUT2D eigenvalue weighted by Gasteiger charge is -2.36. The standard InChI is InChI=1S/C22H12F2O5.C2H7P/c1-11(25)27-20-10-19-16(9-17(20)24)22(15-8-12(23)6-7-18(15)28-19)14-5-3-2-4-13(14)21(26)29-22;1-3-2/h2-10H,1H3;3H,1-2H3. The summed E-state index contributed by atoms with van der Waals surface area (Å²) in [6, 6.07) is 12.7. The summed E-state index contributed by atoms with van der Waals surface area (Å²) >= 11 is 0. The van der Waals surface area contributed by atoms with Gasteiger partial charge in [-0.15, -0.1) is 8.58 Å². The molecule has 0 aromatic heterocycles. The highest BCUT2D eigenvalue weighted by atomic mass is 31.1. The molecule has 0 fully saturated rings. The molecule has 1 unspecified atom stereocenters. The van der Waals surface area contributed by atoms with E-state index < -0.39 is 29.2 Å². The Hall–Kier alpha value is -3.31. The molecular formula is C24H19F2O5P. The van der Waals surface area contributed by atoms with Gasteiger partial charge in [0.2, 0.25) is 0 Å². The van der Waals surface area contributed by atoms with Crippen molar-refractivity contribution in [3.8, 4) is 17.2 Å². The average molecular weight is 456 g/mol. The summed E-state index contributed by atoms with van der Waals surface area (Å²) in [7, 11) is 1.08. The summed E-state index contributed by atoms with van der Waals surface area (Å²) in [6.07, 6.45) is 0. The summed E-state index contributed by atoms with van der Waals surface area (Å²) in [5.74, 6) is -2.68. The molecule has 3 aromatic carbocycles. The predicted octanol–water partition coefficient (Wildman–Crippen LogP) is 5.38. The van der Waals surface area contributed by atoms with Gasteiger partial charge in [-0.3, -0.25) is 4.79 Å². The van der Waals surface area contributed by atoms with Gasteiger partial charge in [0.05, 0.1) is 16.7 Å². The Kier molecular flexibility index (Phi) is 5.70. The monoisotopic (exact) mass is 456 g/mol. The van der Waals surface area contributed by atoms with Crippen LogP contribution in [0.1, 0.15) is 34.0 Å². The van der Waals surface area contributed by atoms with Crippen molar-refractivity contribution in [1.29, 1.82) is 0 Å². The largest absolute Gasteiger partial charge is 0.456 e. The molecule has 2 aliphatic rings. The second-order valence-electron chi connectivity index (χ2n) is 7.23. The first-order valence-electron chi connectivity index (χ1n) is 9.73. The minimum atomic E-state index is -1.59. The van der Waals surface area contributed by atoms with Gasteiger partial charge in [-0.2, -0.15) is 0 Å². The first kappa shape index (κ1) is 21.9. The summed E-state index contributed by atoms with van der Waals surface area (Å²) in [4.78, 5) is 23.9.